The van der Waals surface area contributed by atoms with Gasteiger partial charge in [-0.25, -0.2) is 0 Å². The van der Waals surface area contributed by atoms with Crippen LogP contribution in [-0.4, -0.2) is 30.4 Å². The zero-order valence-electron chi connectivity index (χ0n) is 8.66. The van der Waals surface area contributed by atoms with Crippen LogP contribution in [0.15, 0.2) is 41.2 Å². The van der Waals surface area contributed by atoms with Crippen LogP contribution < -0.4 is 5.56 Å². The van der Waals surface area contributed by atoms with Gasteiger partial charge in [0.15, 0.2) is 0 Å². The van der Waals surface area contributed by atoms with E-state index in [1.165, 1.54) is 10.7 Å². The minimum atomic E-state index is -0.231. The molecule has 3 rings (SSSR count). The summed E-state index contributed by atoms with van der Waals surface area (Å²) in [5.74, 6) is 0.192. The van der Waals surface area contributed by atoms with Crippen LogP contribution in [0.5, 0.6) is 0 Å². The molecular formula is C10H8N6O. The highest BCUT2D eigenvalue weighted by Gasteiger charge is 2.09. The number of rotatable bonds is 2. The van der Waals surface area contributed by atoms with Gasteiger partial charge in [-0.2, -0.15) is 9.90 Å². The molecule has 0 radical (unpaired) electrons. The Balaban J connectivity index is 2.11. The second-order valence-electron chi connectivity index (χ2n) is 3.42. The summed E-state index contributed by atoms with van der Waals surface area (Å²) in [6.07, 6.45) is 0. The predicted octanol–water partition coefficient (Wildman–Crippen LogP) is 0.346. The van der Waals surface area contributed by atoms with Crippen LogP contribution in [0.3, 0.4) is 0 Å². The molecule has 0 aliphatic rings. The average Bonchev–Trinajstić information content (AvgIpc) is 2.99. The number of nitrogens with zero attached hydrogens (tertiary/aromatic N) is 4. The highest BCUT2D eigenvalue weighted by molar-refractivity contribution is 5.58. The van der Waals surface area contributed by atoms with E-state index < -0.39 is 0 Å². The SMILES string of the molecule is O=c1cc(-c2ccccc2)[nH]n1-c1nn[nH]n1. The first kappa shape index (κ1) is 9.52. The molecule has 0 saturated heterocycles. The standard InChI is InChI=1S/C10H8N6O/c17-9-6-8(7-4-2-1-3-5-7)13-16(9)10-11-14-15-12-10/h1-6,13H,(H,11,12,14,15). The van der Waals surface area contributed by atoms with Crippen LogP contribution in [0.1, 0.15) is 0 Å². The third-order valence-corrected chi connectivity index (χ3v) is 2.34. The smallest absolute Gasteiger partial charge is 0.288 e. The Hall–Kier alpha value is -2.70. The number of aromatic nitrogens is 6. The molecular weight excluding hydrogens is 220 g/mol. The summed E-state index contributed by atoms with van der Waals surface area (Å²) < 4.78 is 1.23. The van der Waals surface area contributed by atoms with E-state index in [1.54, 1.807) is 0 Å². The Morgan fingerprint density at radius 3 is 2.71 bits per heavy atom. The molecule has 0 saturated carbocycles. The van der Waals surface area contributed by atoms with Crippen molar-refractivity contribution in [3.63, 3.8) is 0 Å². The summed E-state index contributed by atoms with van der Waals surface area (Å²) >= 11 is 0. The van der Waals surface area contributed by atoms with Gasteiger partial charge < -0.3 is 0 Å². The Bertz CT molecular complexity index is 666. The van der Waals surface area contributed by atoms with E-state index in [0.717, 1.165) is 5.56 Å². The number of tetrazole rings is 1. The fourth-order valence-corrected chi connectivity index (χ4v) is 1.56. The van der Waals surface area contributed by atoms with E-state index in [9.17, 15) is 4.79 Å². The summed E-state index contributed by atoms with van der Waals surface area (Å²) in [6.45, 7) is 0. The van der Waals surface area contributed by atoms with Crippen LogP contribution in [0.2, 0.25) is 0 Å². The first-order valence-corrected chi connectivity index (χ1v) is 4.96. The third kappa shape index (κ3) is 1.63. The molecule has 2 aromatic heterocycles. The van der Waals surface area contributed by atoms with Gasteiger partial charge in [-0.15, -0.1) is 5.10 Å². The largest absolute Gasteiger partial charge is 0.291 e. The number of aromatic amines is 2. The zero-order valence-corrected chi connectivity index (χ0v) is 8.66. The topological polar surface area (TPSA) is 92.2 Å². The lowest BCUT2D eigenvalue weighted by atomic mass is 10.2. The van der Waals surface area contributed by atoms with Crippen LogP contribution in [-0.2, 0) is 0 Å². The monoisotopic (exact) mass is 228 g/mol. The van der Waals surface area contributed by atoms with E-state index in [1.807, 2.05) is 30.3 Å². The summed E-state index contributed by atoms with van der Waals surface area (Å²) in [5.41, 5.74) is 1.40. The van der Waals surface area contributed by atoms with Gasteiger partial charge in [0, 0.05) is 6.07 Å². The van der Waals surface area contributed by atoms with Gasteiger partial charge in [-0.1, -0.05) is 35.4 Å². The molecule has 0 aliphatic carbocycles. The minimum Gasteiger partial charge on any atom is -0.288 e. The van der Waals surface area contributed by atoms with Crippen LogP contribution in [0.4, 0.5) is 0 Å². The van der Waals surface area contributed by atoms with Crippen molar-refractivity contribution in [1.29, 1.82) is 0 Å². The molecule has 84 valence electrons. The van der Waals surface area contributed by atoms with E-state index in [0.29, 0.717) is 5.69 Å². The molecule has 17 heavy (non-hydrogen) atoms. The molecule has 1 aromatic carbocycles. The van der Waals surface area contributed by atoms with Crippen molar-refractivity contribution >= 4 is 0 Å². The molecule has 0 aliphatic heterocycles. The molecule has 7 heteroatoms. The zero-order chi connectivity index (χ0) is 11.7. The maximum absolute atomic E-state index is 11.7. The normalized spacial score (nSPS) is 10.6. The fraction of sp³-hybridized carbons (Fsp3) is 0. The van der Waals surface area contributed by atoms with E-state index >= 15 is 0 Å². The molecule has 0 fully saturated rings. The lowest BCUT2D eigenvalue weighted by molar-refractivity contribution is 0.789. The molecule has 0 spiro atoms. The third-order valence-electron chi connectivity index (χ3n) is 2.34. The minimum absolute atomic E-state index is 0.192. The van der Waals surface area contributed by atoms with Crippen LogP contribution in [0, 0.1) is 0 Å². The molecule has 0 amide bonds. The number of benzene rings is 1. The molecule has 2 N–H and O–H groups in total. The van der Waals surface area contributed by atoms with Crippen molar-refractivity contribution in [2.24, 2.45) is 0 Å². The number of H-pyrrole nitrogens is 2. The lowest BCUT2D eigenvalue weighted by Gasteiger charge is -1.96. The van der Waals surface area contributed by atoms with Crippen molar-refractivity contribution in [2.75, 3.05) is 0 Å². The van der Waals surface area contributed by atoms with Gasteiger partial charge in [0.05, 0.1) is 5.69 Å². The number of hydrogen-bond acceptors (Lipinski definition) is 4. The van der Waals surface area contributed by atoms with E-state index in [4.69, 9.17) is 0 Å². The summed E-state index contributed by atoms with van der Waals surface area (Å²) in [4.78, 5) is 11.7. The van der Waals surface area contributed by atoms with Gasteiger partial charge in [-0.3, -0.25) is 9.89 Å². The van der Waals surface area contributed by atoms with Gasteiger partial charge in [0.2, 0.25) is 0 Å². The summed E-state index contributed by atoms with van der Waals surface area (Å²) in [6, 6.07) is 11.0. The van der Waals surface area contributed by atoms with Crippen LogP contribution >= 0.6 is 0 Å². The van der Waals surface area contributed by atoms with E-state index in [2.05, 4.69) is 25.7 Å². The van der Waals surface area contributed by atoms with Crippen molar-refractivity contribution < 1.29 is 0 Å². The van der Waals surface area contributed by atoms with Crippen LogP contribution in [0.25, 0.3) is 17.2 Å². The number of hydrogen-bond donors (Lipinski definition) is 2. The lowest BCUT2D eigenvalue weighted by Crippen LogP contribution is -2.14. The first-order valence-electron chi connectivity index (χ1n) is 4.96. The highest BCUT2D eigenvalue weighted by atomic mass is 16.1. The fourth-order valence-electron chi connectivity index (χ4n) is 1.56. The number of nitrogens with one attached hydrogen (secondary N) is 2. The Kier molecular flexibility index (Phi) is 2.08. The molecule has 0 atom stereocenters. The maximum atomic E-state index is 11.7. The molecule has 0 bridgehead atoms. The average molecular weight is 228 g/mol. The van der Waals surface area contributed by atoms with Crippen molar-refractivity contribution in [3.8, 4) is 17.2 Å². The maximum Gasteiger partial charge on any atom is 0.291 e. The van der Waals surface area contributed by atoms with Crippen molar-refractivity contribution in [1.82, 2.24) is 30.4 Å². The van der Waals surface area contributed by atoms with E-state index in [-0.39, 0.29) is 11.5 Å². The summed E-state index contributed by atoms with van der Waals surface area (Å²) in [5, 5.41) is 16.1. The highest BCUT2D eigenvalue weighted by Crippen LogP contribution is 2.14. The molecule has 7 nitrogen and oxygen atoms in total. The quantitative estimate of drug-likeness (QED) is 0.661. The Morgan fingerprint density at radius 2 is 2.00 bits per heavy atom. The van der Waals surface area contributed by atoms with Crippen molar-refractivity contribution in [3.05, 3.63) is 46.8 Å². The predicted molar refractivity (Wildman–Crippen MR) is 59.6 cm³/mol. The van der Waals surface area contributed by atoms with Gasteiger partial charge in [-0.05, 0) is 10.8 Å². The first-order chi connectivity index (χ1) is 8.34. The second kappa shape index (κ2) is 3.71. The molecule has 2 heterocycles. The van der Waals surface area contributed by atoms with Crippen molar-refractivity contribution in [2.45, 2.75) is 0 Å². The van der Waals surface area contributed by atoms with Gasteiger partial charge >= 0.3 is 0 Å². The second-order valence-corrected chi connectivity index (χ2v) is 3.42. The Morgan fingerprint density at radius 1 is 1.18 bits per heavy atom. The molecule has 3 aromatic rings. The molecule has 0 unspecified atom stereocenters. The van der Waals surface area contributed by atoms with Gasteiger partial charge in [0.25, 0.3) is 11.5 Å². The Labute approximate surface area is 95.1 Å². The van der Waals surface area contributed by atoms with Gasteiger partial charge in [0.1, 0.15) is 0 Å². The summed E-state index contributed by atoms with van der Waals surface area (Å²) in [7, 11) is 0.